The first kappa shape index (κ1) is 14.6. The number of hydrogen-bond acceptors (Lipinski definition) is 3. The third kappa shape index (κ3) is 2.86. The van der Waals surface area contributed by atoms with E-state index in [1.54, 1.807) is 19.0 Å². The Labute approximate surface area is 119 Å². The van der Waals surface area contributed by atoms with E-state index in [1.807, 2.05) is 12.2 Å². The number of carbonyl (C=O) groups excluding carboxylic acids is 2. The van der Waals surface area contributed by atoms with Gasteiger partial charge in [0.15, 0.2) is 0 Å². The van der Waals surface area contributed by atoms with Gasteiger partial charge in [0.2, 0.25) is 5.91 Å². The number of rotatable bonds is 4. The lowest BCUT2D eigenvalue weighted by Crippen LogP contribution is -2.47. The van der Waals surface area contributed by atoms with Gasteiger partial charge >= 0.3 is 6.09 Å². The van der Waals surface area contributed by atoms with Crippen LogP contribution in [0.25, 0.3) is 0 Å². The Morgan fingerprint density at radius 3 is 2.55 bits per heavy atom. The van der Waals surface area contributed by atoms with E-state index < -0.39 is 6.09 Å². The van der Waals surface area contributed by atoms with Crippen LogP contribution < -0.4 is 5.73 Å². The molecule has 0 spiro atoms. The van der Waals surface area contributed by atoms with Crippen LogP contribution in [0, 0.1) is 17.3 Å². The number of nitrogens with two attached hydrogens (primary N) is 1. The maximum atomic E-state index is 11.9. The molecule has 0 aromatic carbocycles. The normalized spacial score (nSPS) is 31.5. The summed E-state index contributed by atoms with van der Waals surface area (Å²) in [6.45, 7) is 0.288. The molecule has 0 aliphatic heterocycles. The van der Waals surface area contributed by atoms with Gasteiger partial charge in [-0.3, -0.25) is 4.79 Å². The first-order chi connectivity index (χ1) is 9.44. The number of amides is 2. The summed E-state index contributed by atoms with van der Waals surface area (Å²) in [6, 6.07) is 0. The highest BCUT2D eigenvalue weighted by atomic mass is 16.5. The second-order valence-corrected chi connectivity index (χ2v) is 5.93. The third-order valence-electron chi connectivity index (χ3n) is 4.40. The number of hydrogen-bond donors (Lipinski definition) is 1. The first-order valence-electron chi connectivity index (χ1n) is 6.92. The van der Waals surface area contributed by atoms with Gasteiger partial charge in [0.25, 0.3) is 0 Å². The Balaban J connectivity index is 2.00. The van der Waals surface area contributed by atoms with Gasteiger partial charge in [0.1, 0.15) is 6.61 Å². The fourth-order valence-corrected chi connectivity index (χ4v) is 3.07. The van der Waals surface area contributed by atoms with Crippen LogP contribution >= 0.6 is 0 Å². The summed E-state index contributed by atoms with van der Waals surface area (Å²) in [7, 11) is 3.57. The van der Waals surface area contributed by atoms with E-state index in [0.29, 0.717) is 5.92 Å². The lowest BCUT2D eigenvalue weighted by Gasteiger charge is -2.47. The second-order valence-electron chi connectivity index (χ2n) is 5.93. The molecule has 1 fully saturated rings. The molecule has 0 heterocycles. The summed E-state index contributed by atoms with van der Waals surface area (Å²) in [5.74, 6) is 0.638. The number of ether oxygens (including phenoxy) is 1. The maximum absolute atomic E-state index is 11.9. The van der Waals surface area contributed by atoms with E-state index in [9.17, 15) is 9.59 Å². The lowest BCUT2D eigenvalue weighted by molar-refractivity contribution is -0.139. The van der Waals surface area contributed by atoms with Crippen molar-refractivity contribution in [2.75, 3.05) is 20.7 Å². The van der Waals surface area contributed by atoms with Crippen molar-refractivity contribution >= 4 is 12.0 Å². The summed E-state index contributed by atoms with van der Waals surface area (Å²) < 4.78 is 5.04. The van der Waals surface area contributed by atoms with Crippen LogP contribution in [0.3, 0.4) is 0 Å². The van der Waals surface area contributed by atoms with Crippen molar-refractivity contribution in [3.8, 4) is 0 Å². The highest BCUT2D eigenvalue weighted by molar-refractivity contribution is 5.79. The Hall–Kier alpha value is -1.78. The van der Waals surface area contributed by atoms with Gasteiger partial charge in [-0.2, -0.15) is 0 Å². The predicted molar refractivity (Wildman–Crippen MR) is 75.8 cm³/mol. The third-order valence-corrected chi connectivity index (χ3v) is 4.40. The first-order valence-corrected chi connectivity index (χ1v) is 6.92. The minimum absolute atomic E-state index is 0.0970. The van der Waals surface area contributed by atoms with Crippen molar-refractivity contribution in [3.05, 3.63) is 24.3 Å². The van der Waals surface area contributed by atoms with Gasteiger partial charge < -0.3 is 15.4 Å². The summed E-state index contributed by atoms with van der Waals surface area (Å²) >= 11 is 0. The van der Waals surface area contributed by atoms with Gasteiger partial charge in [-0.05, 0) is 25.2 Å². The van der Waals surface area contributed by atoms with Gasteiger partial charge in [0, 0.05) is 25.4 Å². The summed E-state index contributed by atoms with van der Waals surface area (Å²) in [6.07, 6.45) is 9.91. The largest absolute Gasteiger partial charge is 0.449 e. The minimum atomic E-state index is -0.743. The Morgan fingerprint density at radius 1 is 1.35 bits per heavy atom. The number of allylic oxidation sites excluding steroid dienone is 3. The lowest BCUT2D eigenvalue weighted by atomic mass is 9.58. The van der Waals surface area contributed by atoms with Crippen molar-refractivity contribution in [3.63, 3.8) is 0 Å². The molecule has 110 valence electrons. The molecule has 2 aliphatic carbocycles. The van der Waals surface area contributed by atoms with E-state index in [1.165, 1.54) is 0 Å². The molecule has 2 N–H and O–H groups in total. The molecular weight excluding hydrogens is 256 g/mol. The van der Waals surface area contributed by atoms with Crippen molar-refractivity contribution in [1.82, 2.24) is 4.90 Å². The molecule has 0 bridgehead atoms. The van der Waals surface area contributed by atoms with Crippen LogP contribution in [0.1, 0.15) is 19.3 Å². The molecule has 5 nitrogen and oxygen atoms in total. The molecular formula is C15H22N2O3. The molecule has 5 heteroatoms. The quantitative estimate of drug-likeness (QED) is 0.850. The monoisotopic (exact) mass is 278 g/mol. The fraction of sp³-hybridized carbons (Fsp3) is 0.600. The molecule has 1 atom stereocenters. The fourth-order valence-electron chi connectivity index (χ4n) is 3.07. The SMILES string of the molecule is CN(C)C(=O)C1CC(C2(COC(N)=O)C=CC=CC2)C1. The zero-order valence-electron chi connectivity index (χ0n) is 12.0. The standard InChI is InChI=1S/C15H22N2O3/c1-17(2)13(18)11-8-12(9-11)15(10-20-14(16)19)6-4-3-5-7-15/h3-6,11-12H,7-10H2,1-2H3,(H2,16,19). The zero-order chi connectivity index (χ0) is 14.8. The molecule has 2 rings (SSSR count). The summed E-state index contributed by atoms with van der Waals surface area (Å²) in [4.78, 5) is 24.4. The smallest absolute Gasteiger partial charge is 0.404 e. The van der Waals surface area contributed by atoms with Crippen LogP contribution in [0.15, 0.2) is 24.3 Å². The summed E-state index contributed by atoms with van der Waals surface area (Å²) in [5, 5.41) is 0. The van der Waals surface area contributed by atoms with Gasteiger partial charge in [0.05, 0.1) is 0 Å². The van der Waals surface area contributed by atoms with E-state index in [2.05, 4.69) is 12.2 Å². The van der Waals surface area contributed by atoms with Crippen LogP contribution in [-0.4, -0.2) is 37.6 Å². The average Bonchev–Trinajstić information content (AvgIpc) is 2.35. The molecule has 0 saturated heterocycles. The Morgan fingerprint density at radius 2 is 2.05 bits per heavy atom. The van der Waals surface area contributed by atoms with E-state index in [-0.39, 0.29) is 23.8 Å². The van der Waals surface area contributed by atoms with Crippen LogP contribution in [-0.2, 0) is 9.53 Å². The van der Waals surface area contributed by atoms with E-state index in [4.69, 9.17) is 10.5 Å². The molecule has 1 saturated carbocycles. The minimum Gasteiger partial charge on any atom is -0.449 e. The molecule has 0 radical (unpaired) electrons. The predicted octanol–water partition coefficient (Wildman–Crippen LogP) is 1.70. The molecule has 2 amide bonds. The molecule has 1 unspecified atom stereocenters. The van der Waals surface area contributed by atoms with Crippen LogP contribution in [0.5, 0.6) is 0 Å². The zero-order valence-corrected chi connectivity index (χ0v) is 12.0. The van der Waals surface area contributed by atoms with Crippen LogP contribution in [0.2, 0.25) is 0 Å². The van der Waals surface area contributed by atoms with Crippen molar-refractivity contribution in [2.45, 2.75) is 19.3 Å². The molecule has 20 heavy (non-hydrogen) atoms. The van der Waals surface area contributed by atoms with Crippen LogP contribution in [0.4, 0.5) is 4.79 Å². The van der Waals surface area contributed by atoms with Crippen molar-refractivity contribution in [2.24, 2.45) is 23.0 Å². The maximum Gasteiger partial charge on any atom is 0.404 e. The topological polar surface area (TPSA) is 72.6 Å². The highest BCUT2D eigenvalue weighted by Crippen LogP contribution is 2.50. The number of nitrogens with zero attached hydrogens (tertiary/aromatic N) is 1. The van der Waals surface area contributed by atoms with Gasteiger partial charge in [-0.25, -0.2) is 4.79 Å². The average molecular weight is 278 g/mol. The van der Waals surface area contributed by atoms with Crippen molar-refractivity contribution in [1.29, 1.82) is 0 Å². The van der Waals surface area contributed by atoms with Crippen molar-refractivity contribution < 1.29 is 14.3 Å². The number of primary amides is 1. The van der Waals surface area contributed by atoms with E-state index >= 15 is 0 Å². The number of carbonyl (C=O) groups is 2. The van der Waals surface area contributed by atoms with E-state index in [0.717, 1.165) is 19.3 Å². The molecule has 0 aromatic heterocycles. The Bertz CT molecular complexity index is 450. The second kappa shape index (κ2) is 5.69. The Kier molecular flexibility index (Phi) is 4.16. The molecule has 0 aromatic rings. The van der Waals surface area contributed by atoms with Gasteiger partial charge in [-0.15, -0.1) is 0 Å². The summed E-state index contributed by atoms with van der Waals surface area (Å²) in [5.41, 5.74) is 4.88. The van der Waals surface area contributed by atoms with Gasteiger partial charge in [-0.1, -0.05) is 24.3 Å². The molecule has 2 aliphatic rings. The highest BCUT2D eigenvalue weighted by Gasteiger charge is 2.47.